The van der Waals surface area contributed by atoms with Crippen molar-refractivity contribution in [1.82, 2.24) is 4.98 Å². The van der Waals surface area contributed by atoms with Crippen LogP contribution in [0.5, 0.6) is 0 Å². The first kappa shape index (κ1) is 33.2. The molecule has 0 atom stereocenters. The summed E-state index contributed by atoms with van der Waals surface area (Å²) in [5.74, 6) is 0. The molecule has 1 heteroatoms. The molecule has 10 aromatic rings. The zero-order valence-electron chi connectivity index (χ0n) is 30.8. The van der Waals surface area contributed by atoms with Crippen LogP contribution in [-0.2, 0) is 0 Å². The molecule has 0 radical (unpaired) electrons. The van der Waals surface area contributed by atoms with Crippen molar-refractivity contribution < 1.29 is 0 Å². The van der Waals surface area contributed by atoms with Gasteiger partial charge in [0.25, 0.3) is 0 Å². The summed E-state index contributed by atoms with van der Waals surface area (Å²) in [5, 5.41) is 4.74. The Balaban J connectivity index is 1.02. The van der Waals surface area contributed by atoms with Crippen LogP contribution in [0.25, 0.3) is 99.7 Å². The molecule has 0 amide bonds. The molecule has 0 aliphatic rings. The van der Waals surface area contributed by atoms with Gasteiger partial charge in [-0.15, -0.1) is 0 Å². The zero-order valence-corrected chi connectivity index (χ0v) is 30.8. The van der Waals surface area contributed by atoms with Crippen molar-refractivity contribution in [3.63, 3.8) is 0 Å². The lowest BCUT2D eigenvalue weighted by Gasteiger charge is -2.15. The summed E-state index contributed by atoms with van der Waals surface area (Å²) >= 11 is 0. The van der Waals surface area contributed by atoms with Crippen LogP contribution in [0.4, 0.5) is 0 Å². The van der Waals surface area contributed by atoms with E-state index in [9.17, 15) is 0 Å². The van der Waals surface area contributed by atoms with E-state index in [1.165, 1.54) is 66.2 Å². The molecule has 1 aromatic heterocycles. The van der Waals surface area contributed by atoms with Gasteiger partial charge in [-0.25, -0.2) is 4.98 Å². The van der Waals surface area contributed by atoms with Gasteiger partial charge in [0.05, 0.1) is 11.4 Å². The van der Waals surface area contributed by atoms with Crippen molar-refractivity contribution in [3.8, 4) is 78.1 Å². The van der Waals surface area contributed by atoms with Crippen molar-refractivity contribution in [1.29, 1.82) is 0 Å². The van der Waals surface area contributed by atoms with Gasteiger partial charge in [-0.3, -0.25) is 0 Å². The molecular formula is C55H37N. The molecule has 10 rings (SSSR count). The highest BCUT2D eigenvalue weighted by Crippen LogP contribution is 2.39. The molecule has 1 nitrogen and oxygen atoms in total. The summed E-state index contributed by atoms with van der Waals surface area (Å²) in [6, 6.07) is 80.6. The molecule has 9 aromatic carbocycles. The minimum Gasteiger partial charge on any atom is -0.247 e. The Hall–Kier alpha value is -7.35. The van der Waals surface area contributed by atoms with Gasteiger partial charge < -0.3 is 0 Å². The average Bonchev–Trinajstić information content (AvgIpc) is 3.29. The molecule has 0 spiro atoms. The van der Waals surface area contributed by atoms with E-state index in [2.05, 4.69) is 224 Å². The third kappa shape index (κ3) is 6.36. The van der Waals surface area contributed by atoms with Crippen molar-refractivity contribution in [3.05, 3.63) is 224 Å². The first-order valence-electron chi connectivity index (χ1n) is 19.2. The van der Waals surface area contributed by atoms with E-state index in [1.807, 2.05) is 0 Å². The highest BCUT2D eigenvalue weighted by Gasteiger charge is 2.15. The smallest absolute Gasteiger partial charge is 0.0794 e. The number of hydrogen-bond donors (Lipinski definition) is 0. The van der Waals surface area contributed by atoms with Gasteiger partial charge in [0.2, 0.25) is 0 Å². The van der Waals surface area contributed by atoms with Crippen molar-refractivity contribution >= 4 is 21.5 Å². The molecular weight excluding hydrogens is 675 g/mol. The van der Waals surface area contributed by atoms with Crippen molar-refractivity contribution in [2.24, 2.45) is 0 Å². The Bertz CT molecular complexity index is 3020. The van der Waals surface area contributed by atoms with Gasteiger partial charge in [0.15, 0.2) is 0 Å². The highest BCUT2D eigenvalue weighted by atomic mass is 14.7. The maximum atomic E-state index is 5.46. The van der Waals surface area contributed by atoms with Gasteiger partial charge in [0, 0.05) is 16.5 Å². The largest absolute Gasteiger partial charge is 0.247 e. The van der Waals surface area contributed by atoms with E-state index in [0.717, 1.165) is 33.5 Å². The van der Waals surface area contributed by atoms with Gasteiger partial charge in [-0.05, 0) is 102 Å². The average molecular weight is 712 g/mol. The number of benzene rings is 9. The highest BCUT2D eigenvalue weighted by molar-refractivity contribution is 6.09. The van der Waals surface area contributed by atoms with E-state index in [4.69, 9.17) is 4.98 Å². The molecule has 0 N–H and O–H groups in total. The number of aromatic nitrogens is 1. The van der Waals surface area contributed by atoms with Crippen LogP contribution in [-0.4, -0.2) is 4.98 Å². The molecule has 0 fully saturated rings. The van der Waals surface area contributed by atoms with Gasteiger partial charge >= 0.3 is 0 Å². The number of nitrogens with zero attached hydrogens (tertiary/aromatic N) is 1. The Labute approximate surface area is 327 Å². The fourth-order valence-corrected chi connectivity index (χ4v) is 8.05. The second-order valence-electron chi connectivity index (χ2n) is 14.3. The maximum absolute atomic E-state index is 5.46. The Morgan fingerprint density at radius 3 is 1.16 bits per heavy atom. The van der Waals surface area contributed by atoms with Crippen LogP contribution in [0.1, 0.15) is 0 Å². The summed E-state index contributed by atoms with van der Waals surface area (Å²) in [6.45, 7) is 0. The molecule has 56 heavy (non-hydrogen) atoms. The van der Waals surface area contributed by atoms with E-state index >= 15 is 0 Å². The van der Waals surface area contributed by atoms with E-state index in [0.29, 0.717) is 0 Å². The number of pyridine rings is 1. The normalized spacial score (nSPS) is 11.2. The summed E-state index contributed by atoms with van der Waals surface area (Å²) in [4.78, 5) is 5.46. The SMILES string of the molecule is c1ccc(-c2cccc(-c3cccc(-c4cccc(-c5cccc(-c6cc7ccccc7c(-c7ccc(-c8ccccc8)c8ccccc78)n6)c5)c4)c3)c2)cc1. The first-order chi connectivity index (χ1) is 27.7. The summed E-state index contributed by atoms with van der Waals surface area (Å²) in [5.41, 5.74) is 16.2. The van der Waals surface area contributed by atoms with E-state index in [-0.39, 0.29) is 0 Å². The Kier molecular flexibility index (Phi) is 8.59. The summed E-state index contributed by atoms with van der Waals surface area (Å²) < 4.78 is 0. The summed E-state index contributed by atoms with van der Waals surface area (Å²) in [6.07, 6.45) is 0. The lowest BCUT2D eigenvalue weighted by molar-refractivity contribution is 1.36. The van der Waals surface area contributed by atoms with E-state index < -0.39 is 0 Å². The van der Waals surface area contributed by atoms with Crippen LogP contribution < -0.4 is 0 Å². The predicted octanol–water partition coefficient (Wildman–Crippen LogP) is 15.1. The predicted molar refractivity (Wildman–Crippen MR) is 237 cm³/mol. The first-order valence-corrected chi connectivity index (χ1v) is 19.2. The Morgan fingerprint density at radius 1 is 0.232 bits per heavy atom. The van der Waals surface area contributed by atoms with Crippen LogP contribution in [0, 0.1) is 0 Å². The van der Waals surface area contributed by atoms with Crippen LogP contribution in [0.3, 0.4) is 0 Å². The monoisotopic (exact) mass is 711 g/mol. The van der Waals surface area contributed by atoms with Crippen molar-refractivity contribution in [2.75, 3.05) is 0 Å². The van der Waals surface area contributed by atoms with Crippen LogP contribution in [0.2, 0.25) is 0 Å². The maximum Gasteiger partial charge on any atom is 0.0794 e. The molecule has 0 bridgehead atoms. The molecule has 0 saturated heterocycles. The molecule has 1 heterocycles. The van der Waals surface area contributed by atoms with Gasteiger partial charge in [0.1, 0.15) is 0 Å². The number of hydrogen-bond acceptors (Lipinski definition) is 1. The quantitative estimate of drug-likeness (QED) is 0.160. The minimum absolute atomic E-state index is 0.957. The lowest BCUT2D eigenvalue weighted by Crippen LogP contribution is -1.93. The zero-order chi connectivity index (χ0) is 37.3. The molecule has 0 aliphatic carbocycles. The fraction of sp³-hybridized carbons (Fsp3) is 0. The fourth-order valence-electron chi connectivity index (χ4n) is 8.05. The topological polar surface area (TPSA) is 12.9 Å². The van der Waals surface area contributed by atoms with Crippen LogP contribution in [0.15, 0.2) is 224 Å². The Morgan fingerprint density at radius 2 is 0.607 bits per heavy atom. The molecule has 262 valence electrons. The minimum atomic E-state index is 0.957. The molecule has 0 saturated carbocycles. The second-order valence-corrected chi connectivity index (χ2v) is 14.3. The molecule has 0 unspecified atom stereocenters. The number of fused-ring (bicyclic) bond motifs is 2. The second kappa shape index (κ2) is 14.5. The third-order valence-electron chi connectivity index (χ3n) is 10.9. The lowest BCUT2D eigenvalue weighted by atomic mass is 9.92. The number of rotatable bonds is 7. The van der Waals surface area contributed by atoms with Gasteiger partial charge in [-0.1, -0.05) is 194 Å². The summed E-state index contributed by atoms with van der Waals surface area (Å²) in [7, 11) is 0. The van der Waals surface area contributed by atoms with Crippen LogP contribution >= 0.6 is 0 Å². The van der Waals surface area contributed by atoms with E-state index in [1.54, 1.807) is 0 Å². The van der Waals surface area contributed by atoms with Crippen molar-refractivity contribution in [2.45, 2.75) is 0 Å². The molecule has 0 aliphatic heterocycles. The third-order valence-corrected chi connectivity index (χ3v) is 10.9. The standard InChI is InChI=1S/C55H37N/c1-3-15-38(16-4-1)40-20-11-21-41(33-40)42-22-12-23-43(34-42)44-24-13-25-45(35-44)46-26-14-27-48(36-46)54-37-47-19-7-8-28-50(47)55(56-54)53-32-31-49(39-17-5-2-6-18-39)51-29-9-10-30-52(51)53/h1-37H. The van der Waals surface area contributed by atoms with Gasteiger partial charge in [-0.2, -0.15) is 0 Å².